The molecule has 1 aliphatic carbocycles. The van der Waals surface area contributed by atoms with Crippen LogP contribution < -0.4 is 0 Å². The Hall–Kier alpha value is -3.62. The molecule has 8 heteroatoms. The zero-order valence-electron chi connectivity index (χ0n) is 21.8. The third-order valence-corrected chi connectivity index (χ3v) is 10.2. The Balaban J connectivity index is 1.34. The van der Waals surface area contributed by atoms with Gasteiger partial charge in [0.2, 0.25) is 9.84 Å². The van der Waals surface area contributed by atoms with Crippen molar-refractivity contribution in [3.8, 4) is 0 Å². The van der Waals surface area contributed by atoms with Crippen LogP contribution in [0.3, 0.4) is 0 Å². The molecule has 0 amide bonds. The molecule has 1 saturated carbocycles. The molecule has 6 nitrogen and oxygen atoms in total. The Morgan fingerprint density at radius 3 is 2.08 bits per heavy atom. The summed E-state index contributed by atoms with van der Waals surface area (Å²) in [6.45, 7) is 0. The molecule has 6 rings (SSSR count). The minimum atomic E-state index is -3.60. The Morgan fingerprint density at radius 2 is 1.50 bits per heavy atom. The van der Waals surface area contributed by atoms with Gasteiger partial charge >= 0.3 is 5.97 Å². The number of ether oxygens (including phenoxy) is 1. The van der Waals surface area contributed by atoms with Gasteiger partial charge in [-0.05, 0) is 41.0 Å². The lowest BCUT2D eigenvalue weighted by molar-refractivity contribution is -0.152. The lowest BCUT2D eigenvalue weighted by atomic mass is 9.74. The molecule has 2 unspecified atom stereocenters. The Morgan fingerprint density at radius 1 is 0.875 bits per heavy atom. The molecule has 2 fully saturated rings. The summed E-state index contributed by atoms with van der Waals surface area (Å²) >= 11 is 1.24. The number of cyclic esters (lactones) is 1. The number of hydrogen-bond donors (Lipinski definition) is 0. The predicted octanol–water partition coefficient (Wildman–Crippen LogP) is 5.58. The first-order valence-electron chi connectivity index (χ1n) is 13.4. The molecule has 4 aromatic rings. The fraction of sp³-hybridized carbons (Fsp3) is 0.281. The topological polar surface area (TPSA) is 90.4 Å². The van der Waals surface area contributed by atoms with E-state index in [9.17, 15) is 18.0 Å². The number of rotatable bonds is 10. The zero-order chi connectivity index (χ0) is 27.7. The van der Waals surface area contributed by atoms with Crippen LogP contribution in [-0.2, 0) is 42.8 Å². The van der Waals surface area contributed by atoms with Crippen LogP contribution in [-0.4, -0.2) is 30.8 Å². The molecular formula is C32H29NO5S2. The van der Waals surface area contributed by atoms with Gasteiger partial charge in [-0.25, -0.2) is 13.4 Å². The molecule has 2 heterocycles. The van der Waals surface area contributed by atoms with Crippen molar-refractivity contribution in [3.63, 3.8) is 0 Å². The number of carbonyl (C=O) groups is 2. The SMILES string of the molecule is O=C1OC(Cc2ccccc2)(Cc2ccccc2)C(=O)C1C(c1cccc(CS(=O)(=O)c2cscn2)c1)C1CC1. The summed E-state index contributed by atoms with van der Waals surface area (Å²) < 4.78 is 31.9. The van der Waals surface area contributed by atoms with Crippen LogP contribution in [0.25, 0.3) is 0 Å². The summed E-state index contributed by atoms with van der Waals surface area (Å²) in [6.07, 6.45) is 2.42. The number of benzene rings is 3. The molecule has 1 aromatic heterocycles. The Labute approximate surface area is 238 Å². The average Bonchev–Trinajstić information content (AvgIpc) is 3.55. The van der Waals surface area contributed by atoms with E-state index in [0.717, 1.165) is 29.5 Å². The number of ketones is 1. The van der Waals surface area contributed by atoms with Gasteiger partial charge in [0.05, 0.1) is 11.3 Å². The highest BCUT2D eigenvalue weighted by atomic mass is 32.2. The lowest BCUT2D eigenvalue weighted by Gasteiger charge is -2.27. The summed E-state index contributed by atoms with van der Waals surface area (Å²) in [5.41, 5.74) is 3.47. The normalized spacial score (nSPS) is 19.4. The number of hydrogen-bond acceptors (Lipinski definition) is 7. The summed E-state index contributed by atoms with van der Waals surface area (Å²) in [4.78, 5) is 32.0. The van der Waals surface area contributed by atoms with Gasteiger partial charge in [0.15, 0.2) is 16.4 Å². The van der Waals surface area contributed by atoms with E-state index < -0.39 is 27.3 Å². The first kappa shape index (κ1) is 26.6. The van der Waals surface area contributed by atoms with Gasteiger partial charge in [0.1, 0.15) is 5.92 Å². The van der Waals surface area contributed by atoms with E-state index in [0.29, 0.717) is 18.4 Å². The molecule has 0 spiro atoms. The number of nitrogens with zero attached hydrogens (tertiary/aromatic N) is 1. The van der Waals surface area contributed by atoms with E-state index in [-0.39, 0.29) is 28.4 Å². The summed E-state index contributed by atoms with van der Waals surface area (Å²) in [6, 6.07) is 26.6. The standard InChI is InChI=1S/C32H29NO5S2/c34-30-29(31(35)38-32(30,17-22-8-3-1-4-9-22)18-23-10-5-2-6-11-23)28(25-14-15-25)26-13-7-12-24(16-26)20-40(36,37)27-19-39-21-33-27/h1-13,16,19,21,25,28-29H,14-15,17-18,20H2. The van der Waals surface area contributed by atoms with Crippen molar-refractivity contribution in [2.24, 2.45) is 11.8 Å². The maximum atomic E-state index is 14.4. The first-order valence-corrected chi connectivity index (χ1v) is 16.0. The van der Waals surface area contributed by atoms with E-state index in [4.69, 9.17) is 4.74 Å². The first-order chi connectivity index (χ1) is 19.3. The number of aromatic nitrogens is 1. The molecule has 2 atom stereocenters. The van der Waals surface area contributed by atoms with Crippen molar-refractivity contribution < 1.29 is 22.7 Å². The Kier molecular flexibility index (Phi) is 7.15. The van der Waals surface area contributed by atoms with Crippen LogP contribution in [0.5, 0.6) is 0 Å². The second kappa shape index (κ2) is 10.7. The number of esters is 1. The van der Waals surface area contributed by atoms with Crippen molar-refractivity contribution in [1.29, 1.82) is 0 Å². The third-order valence-electron chi connectivity index (χ3n) is 7.86. The van der Waals surface area contributed by atoms with Crippen molar-refractivity contribution in [3.05, 3.63) is 118 Å². The number of thiazole rings is 1. The quantitative estimate of drug-likeness (QED) is 0.182. The van der Waals surface area contributed by atoms with Crippen molar-refractivity contribution in [2.45, 2.75) is 48.0 Å². The minimum Gasteiger partial charge on any atom is -0.450 e. The average molecular weight is 572 g/mol. The van der Waals surface area contributed by atoms with Gasteiger partial charge in [0, 0.05) is 24.1 Å². The van der Waals surface area contributed by atoms with Crippen LogP contribution >= 0.6 is 11.3 Å². The number of sulfone groups is 1. The van der Waals surface area contributed by atoms with Crippen LogP contribution in [0.4, 0.5) is 0 Å². The third kappa shape index (κ3) is 5.38. The highest BCUT2D eigenvalue weighted by molar-refractivity contribution is 7.90. The summed E-state index contributed by atoms with van der Waals surface area (Å²) in [7, 11) is -3.60. The fourth-order valence-corrected chi connectivity index (χ4v) is 8.11. The second-order valence-corrected chi connectivity index (χ2v) is 13.4. The minimum absolute atomic E-state index is 0.0582. The fourth-order valence-electron chi connectivity index (χ4n) is 5.90. The van der Waals surface area contributed by atoms with Crippen molar-refractivity contribution in [1.82, 2.24) is 4.98 Å². The van der Waals surface area contributed by atoms with E-state index in [1.54, 1.807) is 6.07 Å². The predicted molar refractivity (Wildman–Crippen MR) is 153 cm³/mol. The number of carbonyl (C=O) groups excluding carboxylic acids is 2. The van der Waals surface area contributed by atoms with E-state index in [2.05, 4.69) is 4.98 Å². The molecule has 0 radical (unpaired) electrons. The molecule has 0 bridgehead atoms. The number of Topliss-reactive ketones (excluding diaryl/α,β-unsaturated/α-hetero) is 1. The largest absolute Gasteiger partial charge is 0.450 e. The molecule has 40 heavy (non-hydrogen) atoms. The monoisotopic (exact) mass is 571 g/mol. The van der Waals surface area contributed by atoms with Crippen LogP contribution in [0, 0.1) is 11.8 Å². The zero-order valence-corrected chi connectivity index (χ0v) is 23.4. The van der Waals surface area contributed by atoms with Gasteiger partial charge in [-0.2, -0.15) is 0 Å². The summed E-state index contributed by atoms with van der Waals surface area (Å²) in [5.74, 6) is -2.02. The van der Waals surface area contributed by atoms with Crippen LogP contribution in [0.15, 0.2) is 101 Å². The van der Waals surface area contributed by atoms with Gasteiger partial charge in [-0.3, -0.25) is 9.59 Å². The molecular weight excluding hydrogens is 542 g/mol. The van der Waals surface area contributed by atoms with Gasteiger partial charge in [0.25, 0.3) is 0 Å². The van der Waals surface area contributed by atoms with E-state index >= 15 is 0 Å². The maximum absolute atomic E-state index is 14.4. The maximum Gasteiger partial charge on any atom is 0.318 e. The second-order valence-electron chi connectivity index (χ2n) is 10.8. The molecule has 2 aliphatic rings. The molecule has 1 saturated heterocycles. The van der Waals surface area contributed by atoms with Gasteiger partial charge < -0.3 is 4.74 Å². The molecule has 3 aromatic carbocycles. The molecule has 1 aliphatic heterocycles. The van der Waals surface area contributed by atoms with Gasteiger partial charge in [-0.1, -0.05) is 84.9 Å². The lowest BCUT2D eigenvalue weighted by Crippen LogP contribution is -2.43. The highest BCUT2D eigenvalue weighted by Gasteiger charge is 2.59. The Bertz CT molecular complexity index is 1570. The van der Waals surface area contributed by atoms with Crippen LogP contribution in [0.2, 0.25) is 0 Å². The summed E-state index contributed by atoms with van der Waals surface area (Å²) in [5, 5.41) is 1.58. The molecule has 204 valence electrons. The smallest absolute Gasteiger partial charge is 0.318 e. The van der Waals surface area contributed by atoms with Crippen LogP contribution in [0.1, 0.15) is 41.0 Å². The molecule has 0 N–H and O–H groups in total. The van der Waals surface area contributed by atoms with Crippen molar-refractivity contribution >= 4 is 32.9 Å². The van der Waals surface area contributed by atoms with E-state index in [1.165, 1.54) is 22.2 Å². The van der Waals surface area contributed by atoms with E-state index in [1.807, 2.05) is 78.9 Å². The van der Waals surface area contributed by atoms with Gasteiger partial charge in [-0.15, -0.1) is 11.3 Å². The van der Waals surface area contributed by atoms with Crippen molar-refractivity contribution in [2.75, 3.05) is 0 Å². The highest BCUT2D eigenvalue weighted by Crippen LogP contribution is 2.51.